The molecule has 0 radical (unpaired) electrons. The van der Waals surface area contributed by atoms with Crippen molar-refractivity contribution in [1.82, 2.24) is 5.43 Å². The van der Waals surface area contributed by atoms with Gasteiger partial charge < -0.3 is 14.8 Å². The third-order valence-corrected chi connectivity index (χ3v) is 5.84. The van der Waals surface area contributed by atoms with E-state index >= 15 is 0 Å². The minimum absolute atomic E-state index is 0.258. The second-order valence-electron chi connectivity index (χ2n) is 8.96. The van der Waals surface area contributed by atoms with Gasteiger partial charge in [0, 0.05) is 5.56 Å². The molecule has 0 atom stereocenters. The van der Waals surface area contributed by atoms with E-state index in [9.17, 15) is 14.4 Å². The number of nitrogens with zero attached hydrogens (tertiary/aromatic N) is 1. The molecule has 0 heterocycles. The molecule has 202 valence electrons. The zero-order valence-electron chi connectivity index (χ0n) is 22.4. The second-order valence-corrected chi connectivity index (χ2v) is 8.96. The Morgan fingerprint density at radius 2 is 1.55 bits per heavy atom. The Hall–Kier alpha value is -5.24. The topological polar surface area (TPSA) is 106 Å². The Bertz CT molecular complexity index is 1560. The van der Waals surface area contributed by atoms with Crippen molar-refractivity contribution in [2.75, 3.05) is 11.9 Å². The predicted octanol–water partition coefficient (Wildman–Crippen LogP) is 5.94. The number of ether oxygens (including phenoxy) is 2. The molecule has 8 heteroatoms. The van der Waals surface area contributed by atoms with Crippen LogP contribution in [0.5, 0.6) is 11.5 Å². The van der Waals surface area contributed by atoms with Crippen LogP contribution in [0.15, 0.2) is 96.1 Å². The van der Waals surface area contributed by atoms with Crippen LogP contribution in [-0.4, -0.2) is 30.6 Å². The zero-order chi connectivity index (χ0) is 28.5. The highest BCUT2D eigenvalue weighted by Crippen LogP contribution is 2.29. The number of carbonyl (C=O) groups is 3. The van der Waals surface area contributed by atoms with E-state index in [4.69, 9.17) is 9.47 Å². The van der Waals surface area contributed by atoms with E-state index in [1.165, 1.54) is 6.21 Å². The number of rotatable bonds is 9. The molecule has 0 aromatic heterocycles. The molecule has 8 nitrogen and oxygen atoms in total. The molecular formula is C32H29N3O5. The van der Waals surface area contributed by atoms with Gasteiger partial charge in [-0.2, -0.15) is 5.10 Å². The normalized spacial score (nSPS) is 10.7. The lowest BCUT2D eigenvalue weighted by molar-refractivity contribution is 0.0728. The monoisotopic (exact) mass is 535 g/mol. The fraction of sp³-hybridized carbons (Fsp3) is 0.125. The highest BCUT2D eigenvalue weighted by atomic mass is 16.6. The van der Waals surface area contributed by atoms with Gasteiger partial charge in [0.2, 0.25) is 0 Å². The summed E-state index contributed by atoms with van der Waals surface area (Å²) in [5, 5.41) is 6.85. The molecule has 0 spiro atoms. The number of hydrogen-bond donors (Lipinski definition) is 2. The van der Waals surface area contributed by atoms with Gasteiger partial charge in [-0.05, 0) is 80.9 Å². The molecular weight excluding hydrogens is 506 g/mol. The summed E-state index contributed by atoms with van der Waals surface area (Å²) in [5.74, 6) is -0.679. The summed E-state index contributed by atoms with van der Waals surface area (Å²) in [5.41, 5.74) is 6.63. The molecule has 2 amide bonds. The van der Waals surface area contributed by atoms with Gasteiger partial charge in [-0.3, -0.25) is 9.59 Å². The number of para-hydroxylation sites is 1. The van der Waals surface area contributed by atoms with Crippen LogP contribution in [0, 0.1) is 13.8 Å². The van der Waals surface area contributed by atoms with Crippen LogP contribution in [0.25, 0.3) is 0 Å². The maximum Gasteiger partial charge on any atom is 0.343 e. The molecule has 0 aliphatic heterocycles. The van der Waals surface area contributed by atoms with Crippen LogP contribution in [0.1, 0.15) is 54.7 Å². The molecule has 0 bridgehead atoms. The molecule has 4 aromatic rings. The molecule has 0 aliphatic rings. The standard InChI is InChI=1S/C32H29N3O5/c1-4-39-29-19-23(14-17-28(29)40-32(38)24-15-12-21(2)13-16-24)20-33-35-31(37)26-10-5-6-11-27(26)34-30(36)25-9-7-8-22(3)18-25/h5-20H,4H2,1-3H3,(H,34,36)(H,35,37)/b33-20-. The fourth-order valence-electron chi connectivity index (χ4n) is 3.80. The van der Waals surface area contributed by atoms with Crippen LogP contribution in [0.2, 0.25) is 0 Å². The number of carbonyl (C=O) groups excluding carboxylic acids is 3. The maximum atomic E-state index is 12.9. The van der Waals surface area contributed by atoms with Crippen molar-refractivity contribution < 1.29 is 23.9 Å². The van der Waals surface area contributed by atoms with Crippen molar-refractivity contribution in [1.29, 1.82) is 0 Å². The lowest BCUT2D eigenvalue weighted by Gasteiger charge is -2.12. The lowest BCUT2D eigenvalue weighted by atomic mass is 10.1. The van der Waals surface area contributed by atoms with Gasteiger partial charge in [0.25, 0.3) is 11.8 Å². The lowest BCUT2D eigenvalue weighted by Crippen LogP contribution is -2.21. The van der Waals surface area contributed by atoms with E-state index in [0.29, 0.717) is 34.7 Å². The fourth-order valence-corrected chi connectivity index (χ4v) is 3.80. The SMILES string of the molecule is CCOc1cc(/C=N\NC(=O)c2ccccc2NC(=O)c2cccc(C)c2)ccc1OC(=O)c1ccc(C)cc1. The Morgan fingerprint density at radius 3 is 2.30 bits per heavy atom. The molecule has 0 aliphatic carbocycles. The number of anilines is 1. The van der Waals surface area contributed by atoms with Crippen molar-refractivity contribution in [3.8, 4) is 11.5 Å². The van der Waals surface area contributed by atoms with Gasteiger partial charge in [0.05, 0.1) is 29.6 Å². The summed E-state index contributed by atoms with van der Waals surface area (Å²) in [6.45, 7) is 6.02. The van der Waals surface area contributed by atoms with E-state index < -0.39 is 11.9 Å². The Kier molecular flexibility index (Phi) is 9.04. The van der Waals surface area contributed by atoms with E-state index in [1.807, 2.05) is 39.0 Å². The summed E-state index contributed by atoms with van der Waals surface area (Å²) < 4.78 is 11.2. The first-order valence-corrected chi connectivity index (χ1v) is 12.7. The molecule has 0 unspecified atom stereocenters. The zero-order valence-corrected chi connectivity index (χ0v) is 22.4. The van der Waals surface area contributed by atoms with Crippen molar-refractivity contribution in [2.45, 2.75) is 20.8 Å². The van der Waals surface area contributed by atoms with E-state index in [0.717, 1.165) is 11.1 Å². The largest absolute Gasteiger partial charge is 0.490 e. The van der Waals surface area contributed by atoms with Crippen molar-refractivity contribution in [3.05, 3.63) is 124 Å². The highest BCUT2D eigenvalue weighted by Gasteiger charge is 2.15. The summed E-state index contributed by atoms with van der Waals surface area (Å²) in [4.78, 5) is 38.1. The quantitative estimate of drug-likeness (QED) is 0.119. The third kappa shape index (κ3) is 7.20. The van der Waals surface area contributed by atoms with Crippen LogP contribution in [-0.2, 0) is 0 Å². The highest BCUT2D eigenvalue weighted by molar-refractivity contribution is 6.09. The average molecular weight is 536 g/mol. The maximum absolute atomic E-state index is 12.9. The first-order chi connectivity index (χ1) is 19.3. The van der Waals surface area contributed by atoms with Crippen molar-refractivity contribution in [3.63, 3.8) is 0 Å². The van der Waals surface area contributed by atoms with E-state index in [-0.39, 0.29) is 17.2 Å². The predicted molar refractivity (Wildman–Crippen MR) is 154 cm³/mol. The summed E-state index contributed by atoms with van der Waals surface area (Å²) in [6.07, 6.45) is 1.44. The second kappa shape index (κ2) is 13.0. The van der Waals surface area contributed by atoms with Gasteiger partial charge in [-0.1, -0.05) is 47.5 Å². The molecule has 0 saturated carbocycles. The van der Waals surface area contributed by atoms with Gasteiger partial charge in [-0.15, -0.1) is 0 Å². The molecule has 0 saturated heterocycles. The van der Waals surface area contributed by atoms with Gasteiger partial charge in [0.15, 0.2) is 11.5 Å². The van der Waals surface area contributed by atoms with Crippen LogP contribution in [0.4, 0.5) is 5.69 Å². The Balaban J connectivity index is 1.43. The van der Waals surface area contributed by atoms with Gasteiger partial charge in [0.1, 0.15) is 0 Å². The van der Waals surface area contributed by atoms with Crippen molar-refractivity contribution >= 4 is 29.7 Å². The van der Waals surface area contributed by atoms with Crippen LogP contribution in [0.3, 0.4) is 0 Å². The smallest absolute Gasteiger partial charge is 0.343 e. The Labute approximate surface area is 232 Å². The number of hydrazone groups is 1. The number of benzene rings is 4. The molecule has 0 fully saturated rings. The summed E-state index contributed by atoms with van der Waals surface area (Å²) in [7, 11) is 0. The first kappa shape index (κ1) is 27.8. The molecule has 2 N–H and O–H groups in total. The number of nitrogens with one attached hydrogen (secondary N) is 2. The van der Waals surface area contributed by atoms with Crippen molar-refractivity contribution in [2.24, 2.45) is 5.10 Å². The minimum Gasteiger partial charge on any atom is -0.490 e. The van der Waals surface area contributed by atoms with Crippen LogP contribution >= 0.6 is 0 Å². The average Bonchev–Trinajstić information content (AvgIpc) is 2.95. The summed E-state index contributed by atoms with van der Waals surface area (Å²) >= 11 is 0. The number of aryl methyl sites for hydroxylation is 2. The summed E-state index contributed by atoms with van der Waals surface area (Å²) in [6, 6.07) is 25.9. The third-order valence-electron chi connectivity index (χ3n) is 5.84. The van der Waals surface area contributed by atoms with Gasteiger partial charge >= 0.3 is 5.97 Å². The first-order valence-electron chi connectivity index (χ1n) is 12.7. The molecule has 40 heavy (non-hydrogen) atoms. The Morgan fingerprint density at radius 1 is 0.775 bits per heavy atom. The minimum atomic E-state index is -0.497. The molecule has 4 aromatic carbocycles. The molecule has 4 rings (SSSR count). The van der Waals surface area contributed by atoms with Crippen LogP contribution < -0.4 is 20.2 Å². The van der Waals surface area contributed by atoms with E-state index in [2.05, 4.69) is 15.8 Å². The van der Waals surface area contributed by atoms with E-state index in [1.54, 1.807) is 72.8 Å². The van der Waals surface area contributed by atoms with Gasteiger partial charge in [-0.25, -0.2) is 10.2 Å². The number of hydrogen-bond acceptors (Lipinski definition) is 6. The number of esters is 1. The number of amides is 2.